The van der Waals surface area contributed by atoms with E-state index < -0.39 is 70.7 Å². The van der Waals surface area contributed by atoms with E-state index in [0.717, 1.165) is 6.92 Å². The first-order chi connectivity index (χ1) is 14.2. The van der Waals surface area contributed by atoms with Crippen LogP contribution in [0.2, 0.25) is 0 Å². The van der Waals surface area contributed by atoms with Gasteiger partial charge in [0.25, 0.3) is 0 Å². The van der Waals surface area contributed by atoms with Gasteiger partial charge in [-0.15, -0.1) is 0 Å². The first-order valence-corrected chi connectivity index (χ1v) is 9.54. The third-order valence-electron chi connectivity index (χ3n) is 3.82. The third kappa shape index (κ3) is 5.65. The second-order valence-electron chi connectivity index (χ2n) is 6.49. The second kappa shape index (κ2) is 9.10. The SMILES string of the molecule is C=C(C)C(=O)OCCN(C)S(=O)(=O)CC(F)(F)C(F)(F)C(F)(F)C(F)(F)C(F)(F)C(F)(F)F. The monoisotopic (exact) mass is 539 g/mol. The summed E-state index contributed by atoms with van der Waals surface area (Å²) in [5.74, 6) is -43.2. The smallest absolute Gasteiger partial charge is 0.460 e. The molecular weight excluding hydrogens is 525 g/mol. The van der Waals surface area contributed by atoms with Gasteiger partial charge in [-0.3, -0.25) is 0 Å². The Morgan fingerprint density at radius 3 is 1.58 bits per heavy atom. The first-order valence-electron chi connectivity index (χ1n) is 7.93. The Bertz CT molecular complexity index is 852. The fourth-order valence-electron chi connectivity index (χ4n) is 1.76. The Hall–Kier alpha value is -1.79. The van der Waals surface area contributed by atoms with Gasteiger partial charge in [-0.05, 0) is 6.92 Å². The summed E-state index contributed by atoms with van der Waals surface area (Å²) < 4.78 is 197. The number of likely N-dealkylation sites (N-methyl/N-ethyl adjacent to an activating group) is 1. The molecule has 0 atom stereocenters. The topological polar surface area (TPSA) is 63.7 Å². The summed E-state index contributed by atoms with van der Waals surface area (Å²) in [6.07, 6.45) is -7.57. The van der Waals surface area contributed by atoms with E-state index in [0.29, 0.717) is 7.05 Å². The minimum absolute atomic E-state index is 0.217. The van der Waals surface area contributed by atoms with E-state index in [-0.39, 0.29) is 9.88 Å². The van der Waals surface area contributed by atoms with Crippen molar-refractivity contribution in [3.05, 3.63) is 12.2 Å². The summed E-state index contributed by atoms with van der Waals surface area (Å²) in [4.78, 5) is 11.1. The quantitative estimate of drug-likeness (QED) is 0.225. The number of carbonyl (C=O) groups excluding carboxylic acids is 1. The molecule has 33 heavy (non-hydrogen) atoms. The van der Waals surface area contributed by atoms with Crippen molar-refractivity contribution in [3.63, 3.8) is 0 Å². The molecule has 0 saturated carbocycles. The Morgan fingerprint density at radius 2 is 1.21 bits per heavy atom. The number of ether oxygens (including phenoxy) is 1. The van der Waals surface area contributed by atoms with E-state index in [4.69, 9.17) is 0 Å². The largest absolute Gasteiger partial charge is 0.461 e. The molecule has 0 aromatic rings. The van der Waals surface area contributed by atoms with Crippen LogP contribution in [0.1, 0.15) is 6.92 Å². The maximum Gasteiger partial charge on any atom is 0.460 e. The van der Waals surface area contributed by atoms with E-state index >= 15 is 0 Å². The molecular formula is C14H14F13NO4S. The number of rotatable bonds is 11. The van der Waals surface area contributed by atoms with Crippen molar-refractivity contribution < 1.29 is 75.0 Å². The van der Waals surface area contributed by atoms with Crippen LogP contribution in [-0.4, -0.2) is 80.4 Å². The van der Waals surface area contributed by atoms with Crippen molar-refractivity contribution in [2.24, 2.45) is 0 Å². The highest BCUT2D eigenvalue weighted by atomic mass is 32.2. The normalized spacial score (nSPS) is 15.0. The van der Waals surface area contributed by atoms with Crippen molar-refractivity contribution in [1.82, 2.24) is 4.31 Å². The molecule has 0 heterocycles. The molecule has 0 N–H and O–H groups in total. The van der Waals surface area contributed by atoms with E-state index in [9.17, 15) is 70.3 Å². The number of esters is 1. The van der Waals surface area contributed by atoms with Gasteiger partial charge in [0.2, 0.25) is 10.0 Å². The predicted molar refractivity (Wildman–Crippen MR) is 83.0 cm³/mol. The summed E-state index contributed by atoms with van der Waals surface area (Å²) in [7, 11) is -5.42. The minimum Gasteiger partial charge on any atom is -0.461 e. The molecule has 0 fully saturated rings. The lowest BCUT2D eigenvalue weighted by molar-refractivity contribution is -0.438. The maximum absolute atomic E-state index is 13.7. The summed E-state index contributed by atoms with van der Waals surface area (Å²) in [6, 6.07) is 0. The lowest BCUT2D eigenvalue weighted by Crippen LogP contribution is -2.71. The molecule has 0 aromatic heterocycles. The van der Waals surface area contributed by atoms with Crippen molar-refractivity contribution in [2.45, 2.75) is 42.7 Å². The van der Waals surface area contributed by atoms with E-state index in [2.05, 4.69) is 11.3 Å². The van der Waals surface area contributed by atoms with Crippen LogP contribution < -0.4 is 0 Å². The zero-order valence-electron chi connectivity index (χ0n) is 16.2. The Labute approximate surface area is 177 Å². The van der Waals surface area contributed by atoms with Crippen molar-refractivity contribution in [2.75, 3.05) is 26.0 Å². The van der Waals surface area contributed by atoms with Gasteiger partial charge >= 0.3 is 41.8 Å². The molecule has 0 spiro atoms. The maximum atomic E-state index is 13.7. The molecule has 0 aliphatic heterocycles. The average molecular weight is 539 g/mol. The minimum atomic E-state index is -8.13. The van der Waals surface area contributed by atoms with Crippen LogP contribution >= 0.6 is 0 Å². The number of hydrogen-bond acceptors (Lipinski definition) is 4. The van der Waals surface area contributed by atoms with Crippen LogP contribution in [0.15, 0.2) is 12.2 Å². The highest BCUT2D eigenvalue weighted by Crippen LogP contribution is 2.60. The molecule has 0 aromatic carbocycles. The van der Waals surface area contributed by atoms with Gasteiger partial charge in [-0.1, -0.05) is 6.58 Å². The number of hydrogen-bond donors (Lipinski definition) is 0. The van der Waals surface area contributed by atoms with Crippen LogP contribution in [-0.2, 0) is 19.6 Å². The average Bonchev–Trinajstić information content (AvgIpc) is 2.58. The fraction of sp³-hybridized carbons (Fsp3) is 0.786. The van der Waals surface area contributed by atoms with Crippen LogP contribution in [0.25, 0.3) is 0 Å². The first kappa shape index (κ1) is 31.2. The molecule has 196 valence electrons. The molecule has 0 radical (unpaired) electrons. The van der Waals surface area contributed by atoms with E-state index in [1.54, 1.807) is 0 Å². The van der Waals surface area contributed by atoms with Gasteiger partial charge in [0, 0.05) is 19.2 Å². The van der Waals surface area contributed by atoms with Gasteiger partial charge in [-0.2, -0.15) is 57.1 Å². The standard InChI is InChI=1S/C14H14F13NO4S/c1-7(2)8(29)32-5-4-28(3)33(30,31)6-9(15,16)10(17,18)11(19,20)12(21,22)13(23,24)14(25,26)27/h1,4-6H2,2-3H3. The number of nitrogens with zero attached hydrogens (tertiary/aromatic N) is 1. The molecule has 0 amide bonds. The van der Waals surface area contributed by atoms with Gasteiger partial charge < -0.3 is 4.74 Å². The van der Waals surface area contributed by atoms with Crippen LogP contribution in [0, 0.1) is 0 Å². The number of alkyl halides is 13. The van der Waals surface area contributed by atoms with Crippen molar-refractivity contribution >= 4 is 16.0 Å². The molecule has 0 aliphatic rings. The Balaban J connectivity index is 5.94. The summed E-state index contributed by atoms with van der Waals surface area (Å²) in [5, 5.41) is 0. The lowest BCUT2D eigenvalue weighted by atomic mass is 9.94. The molecule has 0 aliphatic carbocycles. The van der Waals surface area contributed by atoms with Gasteiger partial charge in [0.1, 0.15) is 12.4 Å². The number of sulfonamides is 1. The Morgan fingerprint density at radius 1 is 0.818 bits per heavy atom. The highest BCUT2D eigenvalue weighted by molar-refractivity contribution is 7.89. The van der Waals surface area contributed by atoms with Gasteiger partial charge in [0.05, 0.1) is 0 Å². The van der Waals surface area contributed by atoms with Crippen LogP contribution in [0.4, 0.5) is 57.1 Å². The molecule has 19 heteroatoms. The highest BCUT2D eigenvalue weighted by Gasteiger charge is 2.90. The zero-order chi connectivity index (χ0) is 27.1. The van der Waals surface area contributed by atoms with Gasteiger partial charge in [-0.25, -0.2) is 17.5 Å². The van der Waals surface area contributed by atoms with Crippen molar-refractivity contribution in [3.8, 4) is 0 Å². The van der Waals surface area contributed by atoms with E-state index in [1.165, 1.54) is 0 Å². The number of carbonyl (C=O) groups is 1. The molecule has 0 bridgehead atoms. The molecule has 0 saturated heterocycles. The molecule has 5 nitrogen and oxygen atoms in total. The second-order valence-corrected chi connectivity index (χ2v) is 8.57. The van der Waals surface area contributed by atoms with Crippen molar-refractivity contribution in [1.29, 1.82) is 0 Å². The number of halogens is 13. The Kier molecular flexibility index (Phi) is 8.61. The van der Waals surface area contributed by atoms with Gasteiger partial charge in [0.15, 0.2) is 0 Å². The van der Waals surface area contributed by atoms with Crippen LogP contribution in [0.3, 0.4) is 0 Å². The molecule has 0 rings (SSSR count). The zero-order valence-corrected chi connectivity index (χ0v) is 17.0. The fourth-order valence-corrected chi connectivity index (χ4v) is 2.97. The summed E-state index contributed by atoms with van der Waals surface area (Å²) in [5.41, 5.74) is -0.217. The predicted octanol–water partition coefficient (Wildman–Crippen LogP) is 4.11. The summed E-state index contributed by atoms with van der Waals surface area (Å²) in [6.45, 7) is 2.25. The summed E-state index contributed by atoms with van der Waals surface area (Å²) >= 11 is 0. The molecule has 0 unspecified atom stereocenters. The lowest BCUT2D eigenvalue weighted by Gasteiger charge is -2.39. The van der Waals surface area contributed by atoms with Crippen LogP contribution in [0.5, 0.6) is 0 Å². The third-order valence-corrected chi connectivity index (χ3v) is 5.68. The van der Waals surface area contributed by atoms with E-state index in [1.807, 2.05) is 0 Å².